The van der Waals surface area contributed by atoms with Crippen LogP contribution in [0.4, 0.5) is 0 Å². The van der Waals surface area contributed by atoms with Gasteiger partial charge in [-0.3, -0.25) is 0 Å². The van der Waals surface area contributed by atoms with Gasteiger partial charge in [0.1, 0.15) is 0 Å². The number of unbranched alkanes of at least 4 members (excludes halogenated alkanes) is 2. The summed E-state index contributed by atoms with van der Waals surface area (Å²) in [6.07, 6.45) is 2.52. The van der Waals surface area contributed by atoms with E-state index in [-0.39, 0.29) is 0 Å². The molecule has 0 N–H and O–H groups in total. The van der Waals surface area contributed by atoms with Crippen molar-refractivity contribution in [1.29, 1.82) is 5.26 Å². The van der Waals surface area contributed by atoms with Crippen LogP contribution >= 0.6 is 15.9 Å². The normalized spacial score (nSPS) is 9.87. The van der Waals surface area contributed by atoms with Crippen LogP contribution in [0.25, 0.3) is 0 Å². The van der Waals surface area contributed by atoms with Crippen molar-refractivity contribution in [2.75, 3.05) is 6.61 Å². The third-order valence-corrected chi connectivity index (χ3v) is 2.54. The molecule has 0 bridgehead atoms. The fourth-order valence-electron chi connectivity index (χ4n) is 1.18. The number of nitrogens with zero attached hydrogens (tertiary/aromatic N) is 1. The molecular formula is C12H14BrNO. The number of benzene rings is 1. The molecule has 80 valence electrons. The van der Waals surface area contributed by atoms with Gasteiger partial charge in [-0.2, -0.15) is 5.26 Å². The van der Waals surface area contributed by atoms with E-state index in [1.165, 1.54) is 5.56 Å². The van der Waals surface area contributed by atoms with Crippen LogP contribution in [-0.2, 0) is 11.3 Å². The number of hydrogen-bond donors (Lipinski definition) is 0. The van der Waals surface area contributed by atoms with Crippen LogP contribution in [0, 0.1) is 11.3 Å². The van der Waals surface area contributed by atoms with Crippen LogP contribution in [0.5, 0.6) is 0 Å². The lowest BCUT2D eigenvalue weighted by atomic mass is 10.2. The second kappa shape index (κ2) is 7.44. The molecule has 0 aliphatic rings. The van der Waals surface area contributed by atoms with E-state index in [1.807, 2.05) is 24.3 Å². The zero-order valence-electron chi connectivity index (χ0n) is 8.58. The minimum Gasteiger partial charge on any atom is -0.377 e. The Morgan fingerprint density at radius 2 is 1.93 bits per heavy atom. The van der Waals surface area contributed by atoms with E-state index in [2.05, 4.69) is 22.0 Å². The summed E-state index contributed by atoms with van der Waals surface area (Å²) >= 11 is 3.38. The summed E-state index contributed by atoms with van der Waals surface area (Å²) in [5, 5.41) is 8.33. The van der Waals surface area contributed by atoms with Crippen molar-refractivity contribution >= 4 is 15.9 Å². The number of rotatable bonds is 6. The summed E-state index contributed by atoms with van der Waals surface area (Å²) in [5.74, 6) is 0. The predicted molar refractivity (Wildman–Crippen MR) is 63.3 cm³/mol. The van der Waals surface area contributed by atoms with Crippen LogP contribution in [-0.4, -0.2) is 6.61 Å². The van der Waals surface area contributed by atoms with Crippen molar-refractivity contribution in [2.24, 2.45) is 0 Å². The second-order valence-electron chi connectivity index (χ2n) is 3.29. The van der Waals surface area contributed by atoms with Crippen LogP contribution in [0.15, 0.2) is 28.7 Å². The van der Waals surface area contributed by atoms with Gasteiger partial charge in [0.25, 0.3) is 0 Å². The molecule has 0 heterocycles. The maximum absolute atomic E-state index is 8.33. The maximum atomic E-state index is 8.33. The molecule has 1 aromatic rings. The highest BCUT2D eigenvalue weighted by Gasteiger charge is 1.93. The number of nitriles is 1. The van der Waals surface area contributed by atoms with Gasteiger partial charge in [0.05, 0.1) is 12.7 Å². The Morgan fingerprint density at radius 3 is 2.60 bits per heavy atom. The maximum Gasteiger partial charge on any atom is 0.0716 e. The lowest BCUT2D eigenvalue weighted by Gasteiger charge is -2.03. The largest absolute Gasteiger partial charge is 0.377 e. The van der Waals surface area contributed by atoms with E-state index in [1.54, 1.807) is 0 Å². The number of halogens is 1. The van der Waals surface area contributed by atoms with Gasteiger partial charge in [-0.05, 0) is 30.5 Å². The molecule has 1 rings (SSSR count). The third kappa shape index (κ3) is 5.56. The van der Waals surface area contributed by atoms with E-state index >= 15 is 0 Å². The minimum absolute atomic E-state index is 0.627. The summed E-state index contributed by atoms with van der Waals surface area (Å²) in [6.45, 7) is 1.39. The molecule has 3 heteroatoms. The molecule has 0 atom stereocenters. The lowest BCUT2D eigenvalue weighted by molar-refractivity contribution is 0.117. The molecule has 0 saturated carbocycles. The van der Waals surface area contributed by atoms with Gasteiger partial charge in [-0.15, -0.1) is 0 Å². The molecule has 0 aliphatic carbocycles. The summed E-state index contributed by atoms with van der Waals surface area (Å²) in [4.78, 5) is 0. The first kappa shape index (κ1) is 12.2. The zero-order chi connectivity index (χ0) is 10.9. The Hall–Kier alpha value is -0.850. The lowest BCUT2D eigenvalue weighted by Crippen LogP contribution is -1.95. The van der Waals surface area contributed by atoms with E-state index in [0.29, 0.717) is 13.0 Å². The summed E-state index contributed by atoms with van der Waals surface area (Å²) in [7, 11) is 0. The van der Waals surface area contributed by atoms with Crippen molar-refractivity contribution < 1.29 is 4.74 Å². The molecular weight excluding hydrogens is 254 g/mol. The van der Waals surface area contributed by atoms with Crippen LogP contribution in [0.2, 0.25) is 0 Å². The highest BCUT2D eigenvalue weighted by molar-refractivity contribution is 9.10. The van der Waals surface area contributed by atoms with Gasteiger partial charge >= 0.3 is 0 Å². The van der Waals surface area contributed by atoms with Gasteiger partial charge in [-0.25, -0.2) is 0 Å². The summed E-state index contributed by atoms with van der Waals surface area (Å²) < 4.78 is 6.56. The monoisotopic (exact) mass is 267 g/mol. The Labute approximate surface area is 99.0 Å². The van der Waals surface area contributed by atoms with Crippen LogP contribution in [0.1, 0.15) is 24.8 Å². The quantitative estimate of drug-likeness (QED) is 0.737. The fourth-order valence-corrected chi connectivity index (χ4v) is 1.44. The van der Waals surface area contributed by atoms with Gasteiger partial charge < -0.3 is 4.74 Å². The average Bonchev–Trinajstić information content (AvgIpc) is 2.26. The average molecular weight is 268 g/mol. The Kier molecular flexibility index (Phi) is 6.06. The van der Waals surface area contributed by atoms with Crippen molar-refractivity contribution in [3.8, 4) is 6.07 Å². The first-order chi connectivity index (χ1) is 7.33. The first-order valence-corrected chi connectivity index (χ1v) is 5.81. The molecule has 0 aromatic heterocycles. The molecule has 0 unspecified atom stereocenters. The van der Waals surface area contributed by atoms with Crippen molar-refractivity contribution in [3.63, 3.8) is 0 Å². The standard InChI is InChI=1S/C12H14BrNO/c13-12-6-4-11(5-7-12)10-15-9-3-1-2-8-14/h4-7H,1-3,9-10H2. The third-order valence-electron chi connectivity index (χ3n) is 2.01. The molecule has 0 amide bonds. The Balaban J connectivity index is 2.10. The zero-order valence-corrected chi connectivity index (χ0v) is 10.2. The topological polar surface area (TPSA) is 33.0 Å². The van der Waals surface area contributed by atoms with E-state index in [9.17, 15) is 0 Å². The number of ether oxygens (including phenoxy) is 1. The smallest absolute Gasteiger partial charge is 0.0716 e. The summed E-state index contributed by atoms with van der Waals surface area (Å²) in [5.41, 5.74) is 1.18. The van der Waals surface area contributed by atoms with Gasteiger partial charge in [-0.1, -0.05) is 28.1 Å². The molecule has 0 aliphatic heterocycles. The van der Waals surface area contributed by atoms with E-state index in [4.69, 9.17) is 10.00 Å². The van der Waals surface area contributed by atoms with Crippen molar-refractivity contribution in [3.05, 3.63) is 34.3 Å². The van der Waals surface area contributed by atoms with Crippen LogP contribution in [0.3, 0.4) is 0 Å². The van der Waals surface area contributed by atoms with Gasteiger partial charge in [0.2, 0.25) is 0 Å². The fraction of sp³-hybridized carbons (Fsp3) is 0.417. The van der Waals surface area contributed by atoms with Crippen LogP contribution < -0.4 is 0 Å². The highest BCUT2D eigenvalue weighted by atomic mass is 79.9. The van der Waals surface area contributed by atoms with Crippen molar-refractivity contribution in [1.82, 2.24) is 0 Å². The molecule has 15 heavy (non-hydrogen) atoms. The second-order valence-corrected chi connectivity index (χ2v) is 4.21. The Morgan fingerprint density at radius 1 is 1.20 bits per heavy atom. The van der Waals surface area contributed by atoms with Gasteiger partial charge in [0.15, 0.2) is 0 Å². The molecule has 2 nitrogen and oxygen atoms in total. The highest BCUT2D eigenvalue weighted by Crippen LogP contribution is 2.11. The molecule has 0 radical (unpaired) electrons. The summed E-state index contributed by atoms with van der Waals surface area (Å²) in [6, 6.07) is 10.2. The first-order valence-electron chi connectivity index (χ1n) is 5.02. The van der Waals surface area contributed by atoms with Gasteiger partial charge in [0, 0.05) is 17.5 Å². The molecule has 1 aromatic carbocycles. The Bertz CT molecular complexity index is 315. The minimum atomic E-state index is 0.627. The number of hydrogen-bond acceptors (Lipinski definition) is 2. The SMILES string of the molecule is N#CCCCCOCc1ccc(Br)cc1. The molecule has 0 fully saturated rings. The van der Waals surface area contributed by atoms with E-state index in [0.717, 1.165) is 23.9 Å². The molecule has 0 spiro atoms. The predicted octanol–water partition coefficient (Wildman–Crippen LogP) is 3.66. The van der Waals surface area contributed by atoms with Crippen molar-refractivity contribution in [2.45, 2.75) is 25.9 Å². The molecule has 0 saturated heterocycles. The van der Waals surface area contributed by atoms with E-state index < -0.39 is 0 Å².